The van der Waals surface area contributed by atoms with Crippen LogP contribution in [-0.2, 0) is 20.7 Å². The Morgan fingerprint density at radius 1 is 1.18 bits per heavy atom. The van der Waals surface area contributed by atoms with E-state index >= 15 is 0 Å². The molecule has 0 spiro atoms. The van der Waals surface area contributed by atoms with Crippen LogP contribution in [0, 0.1) is 24.2 Å². The number of benzene rings is 1. The lowest BCUT2D eigenvalue weighted by molar-refractivity contribution is -0.127. The predicted octanol–water partition coefficient (Wildman–Crippen LogP) is 5.21. The minimum Gasteiger partial charge on any atom is -0.461 e. The first-order valence-electron chi connectivity index (χ1n) is 13.6. The Morgan fingerprint density at radius 2 is 1.90 bits per heavy atom. The number of amides is 3. The van der Waals surface area contributed by atoms with Gasteiger partial charge in [-0.15, -0.1) is 0 Å². The van der Waals surface area contributed by atoms with E-state index < -0.39 is 17.7 Å². The fourth-order valence-corrected chi connectivity index (χ4v) is 5.32. The molecule has 1 saturated carbocycles. The number of rotatable bonds is 3. The van der Waals surface area contributed by atoms with E-state index in [4.69, 9.17) is 14.4 Å². The zero-order chi connectivity index (χ0) is 28.9. The number of hydrogen-bond acceptors (Lipinski definition) is 6. The van der Waals surface area contributed by atoms with Crippen LogP contribution in [-0.4, -0.2) is 54.1 Å². The summed E-state index contributed by atoms with van der Waals surface area (Å²) in [6.45, 7) is 11.3. The molecule has 39 heavy (non-hydrogen) atoms. The molecule has 0 radical (unpaired) electrons. The quantitative estimate of drug-likeness (QED) is 0.538. The molecule has 1 aromatic carbocycles. The average Bonchev–Trinajstić information content (AvgIpc) is 3.68. The molecule has 1 N–H and O–H groups in total. The molecule has 9 heteroatoms. The van der Waals surface area contributed by atoms with Crippen molar-refractivity contribution in [2.75, 3.05) is 18.5 Å². The number of aryl methyl sites for hydroxylation is 1. The van der Waals surface area contributed by atoms with Gasteiger partial charge in [0.15, 0.2) is 0 Å². The Kier molecular flexibility index (Phi) is 9.44. The summed E-state index contributed by atoms with van der Waals surface area (Å²) in [4.78, 5) is 39.3. The second-order valence-electron chi connectivity index (χ2n) is 10.8. The minimum atomic E-state index is -0.577. The lowest BCUT2D eigenvalue weighted by Gasteiger charge is -2.35. The van der Waals surface area contributed by atoms with Crippen LogP contribution in [0.3, 0.4) is 0 Å². The number of carbonyl (C=O) groups is 3. The number of piperidine rings is 1. The van der Waals surface area contributed by atoms with Gasteiger partial charge in [0.05, 0.1) is 12.5 Å². The SMILES string of the molecule is CC.CC(C)(C)OC(=O)N1C2CCC(C2)C1C(=O)NCC#N.Cc1ccc(-c2ccc3c(c2)N(C)C(=O)C3)o1. The van der Waals surface area contributed by atoms with Crippen LogP contribution in [0.5, 0.6) is 0 Å². The lowest BCUT2D eigenvalue weighted by atomic mass is 9.98. The van der Waals surface area contributed by atoms with Gasteiger partial charge in [-0.2, -0.15) is 5.26 Å². The van der Waals surface area contributed by atoms with Gasteiger partial charge >= 0.3 is 6.09 Å². The summed E-state index contributed by atoms with van der Waals surface area (Å²) in [5.41, 5.74) is 2.51. The van der Waals surface area contributed by atoms with Crippen LogP contribution in [0.15, 0.2) is 34.7 Å². The van der Waals surface area contributed by atoms with Crippen LogP contribution in [0.2, 0.25) is 0 Å². The van der Waals surface area contributed by atoms with E-state index in [1.165, 1.54) is 0 Å². The van der Waals surface area contributed by atoms with Gasteiger partial charge in [-0.1, -0.05) is 26.0 Å². The molecule has 2 aromatic rings. The molecule has 3 aliphatic rings. The van der Waals surface area contributed by atoms with Gasteiger partial charge in [-0.25, -0.2) is 4.79 Å². The summed E-state index contributed by atoms with van der Waals surface area (Å²) in [6, 6.07) is 11.4. The third-order valence-electron chi connectivity index (χ3n) is 6.99. The van der Waals surface area contributed by atoms with Gasteiger partial charge in [0.25, 0.3) is 0 Å². The van der Waals surface area contributed by atoms with Gasteiger partial charge in [0.1, 0.15) is 29.7 Å². The van der Waals surface area contributed by atoms with Gasteiger partial charge < -0.3 is 19.4 Å². The summed E-state index contributed by atoms with van der Waals surface area (Å²) in [7, 11) is 1.81. The van der Waals surface area contributed by atoms with Crippen LogP contribution in [0.4, 0.5) is 10.5 Å². The highest BCUT2D eigenvalue weighted by Crippen LogP contribution is 2.43. The molecule has 2 fully saturated rings. The van der Waals surface area contributed by atoms with Crippen molar-refractivity contribution in [3.05, 3.63) is 41.7 Å². The zero-order valence-corrected chi connectivity index (χ0v) is 24.0. The Hall–Kier alpha value is -3.80. The number of likely N-dealkylation sites (N-methyl/N-ethyl adjacent to an activating group) is 1. The van der Waals surface area contributed by atoms with Gasteiger partial charge in [-0.05, 0) is 76.6 Å². The Morgan fingerprint density at radius 3 is 2.51 bits per heavy atom. The molecule has 210 valence electrons. The van der Waals surface area contributed by atoms with Crippen LogP contribution < -0.4 is 10.2 Å². The van der Waals surface area contributed by atoms with Crippen molar-refractivity contribution in [3.63, 3.8) is 0 Å². The summed E-state index contributed by atoms with van der Waals surface area (Å²) in [6.07, 6.45) is 2.80. The van der Waals surface area contributed by atoms with Gasteiger partial charge in [0, 0.05) is 24.3 Å². The zero-order valence-electron chi connectivity index (χ0n) is 24.0. The molecule has 3 atom stereocenters. The van der Waals surface area contributed by atoms with Gasteiger partial charge in [-0.3, -0.25) is 14.5 Å². The molecule has 9 nitrogen and oxygen atoms in total. The van der Waals surface area contributed by atoms with Crippen molar-refractivity contribution in [3.8, 4) is 17.4 Å². The molecule has 3 amide bonds. The number of furan rings is 1. The fraction of sp³-hybridized carbons (Fsp3) is 0.533. The van der Waals surface area contributed by atoms with E-state index in [9.17, 15) is 14.4 Å². The van der Waals surface area contributed by atoms with Crippen molar-refractivity contribution >= 4 is 23.6 Å². The topological polar surface area (TPSA) is 116 Å². The number of nitrogens with zero attached hydrogens (tertiary/aromatic N) is 3. The molecule has 3 unspecified atom stereocenters. The first-order chi connectivity index (χ1) is 18.5. The molecule has 1 aliphatic carbocycles. The Bertz CT molecular complexity index is 1240. The largest absolute Gasteiger partial charge is 0.461 e. The van der Waals surface area contributed by atoms with Crippen molar-refractivity contribution in [2.24, 2.45) is 5.92 Å². The smallest absolute Gasteiger partial charge is 0.411 e. The maximum Gasteiger partial charge on any atom is 0.411 e. The number of fused-ring (bicyclic) bond motifs is 3. The summed E-state index contributed by atoms with van der Waals surface area (Å²) in [5, 5.41) is 11.1. The molecule has 2 bridgehead atoms. The molecule has 1 saturated heterocycles. The number of hydrogen-bond donors (Lipinski definition) is 1. The monoisotopic (exact) mass is 536 g/mol. The Labute approximate surface area is 231 Å². The van der Waals surface area contributed by atoms with Crippen LogP contribution >= 0.6 is 0 Å². The molecule has 3 heterocycles. The predicted molar refractivity (Wildman–Crippen MR) is 149 cm³/mol. The highest BCUT2D eigenvalue weighted by molar-refractivity contribution is 6.01. The number of nitrogens with one attached hydrogen (secondary N) is 1. The van der Waals surface area contributed by atoms with E-state index in [1.54, 1.807) is 9.80 Å². The maximum absolute atomic E-state index is 12.3. The second kappa shape index (κ2) is 12.4. The van der Waals surface area contributed by atoms with Crippen molar-refractivity contribution in [1.29, 1.82) is 5.26 Å². The summed E-state index contributed by atoms with van der Waals surface area (Å²) in [5.74, 6) is 1.83. The summed E-state index contributed by atoms with van der Waals surface area (Å²) >= 11 is 0. The fourth-order valence-electron chi connectivity index (χ4n) is 5.32. The van der Waals surface area contributed by atoms with E-state index in [1.807, 2.05) is 85.0 Å². The molecule has 1 aromatic heterocycles. The van der Waals surface area contributed by atoms with Crippen molar-refractivity contribution in [1.82, 2.24) is 10.2 Å². The van der Waals surface area contributed by atoms with E-state index in [0.29, 0.717) is 6.42 Å². The van der Waals surface area contributed by atoms with E-state index in [-0.39, 0.29) is 30.3 Å². The van der Waals surface area contributed by atoms with Crippen LogP contribution in [0.1, 0.15) is 65.2 Å². The molecular formula is C30H40N4O5. The molecule has 2 aliphatic heterocycles. The third-order valence-corrected chi connectivity index (χ3v) is 6.99. The van der Waals surface area contributed by atoms with Crippen molar-refractivity contribution in [2.45, 2.75) is 84.9 Å². The summed E-state index contributed by atoms with van der Waals surface area (Å²) < 4.78 is 11.0. The molecule has 5 rings (SSSR count). The van der Waals surface area contributed by atoms with Crippen LogP contribution in [0.25, 0.3) is 11.3 Å². The first-order valence-corrected chi connectivity index (χ1v) is 13.6. The number of nitriles is 1. The lowest BCUT2D eigenvalue weighted by Crippen LogP contribution is -2.53. The second-order valence-corrected chi connectivity index (χ2v) is 10.8. The highest BCUT2D eigenvalue weighted by atomic mass is 16.6. The standard InChI is InChI=1S/C14H21N3O3.C14H13NO2.C2H6/c1-14(2,3)20-13(19)17-10-5-4-9(8-10)11(17)12(18)16-7-6-15;1-9-3-6-13(17-9)11-5-4-10-8-14(16)15(2)12(10)7-11;1-2/h9-11H,4-5,7-8H2,1-3H3,(H,16,18);3-7H,8H2,1-2H3;1-2H3. The normalized spacial score (nSPS) is 20.8. The number of anilines is 1. The van der Waals surface area contributed by atoms with Crippen molar-refractivity contribution < 1.29 is 23.5 Å². The highest BCUT2D eigenvalue weighted by Gasteiger charge is 2.52. The number of ether oxygens (including phenoxy) is 1. The van der Waals surface area contributed by atoms with E-state index in [2.05, 4.69) is 5.32 Å². The van der Waals surface area contributed by atoms with Gasteiger partial charge in [0.2, 0.25) is 11.8 Å². The van der Waals surface area contributed by atoms with E-state index in [0.717, 1.165) is 47.6 Å². The first kappa shape index (κ1) is 29.8. The number of carbonyl (C=O) groups excluding carboxylic acids is 3. The molecular weight excluding hydrogens is 496 g/mol. The maximum atomic E-state index is 12.3. The number of likely N-dealkylation sites (tertiary alicyclic amines) is 1. The third kappa shape index (κ3) is 6.80. The average molecular weight is 537 g/mol. The minimum absolute atomic E-state index is 0.0329. The Balaban J connectivity index is 0.000000205.